The number of carbonyl (C=O) groups is 2. The van der Waals surface area contributed by atoms with E-state index in [1.807, 2.05) is 212 Å². The predicted molar refractivity (Wildman–Crippen MR) is 258 cm³/mol. The van der Waals surface area contributed by atoms with Crippen LogP contribution in [0, 0.1) is 0 Å². The number of amides is 2. The lowest BCUT2D eigenvalue weighted by molar-refractivity contribution is 0.163. The van der Waals surface area contributed by atoms with Crippen LogP contribution in [0.15, 0.2) is 234 Å². The molecule has 11 rings (SSSR count). The predicted octanol–water partition coefficient (Wildman–Crippen LogP) is 12.9. The summed E-state index contributed by atoms with van der Waals surface area (Å²) in [7, 11) is 0. The summed E-state index contributed by atoms with van der Waals surface area (Å²) in [4.78, 5) is 49.3. The van der Waals surface area contributed by atoms with Crippen LogP contribution in [0.4, 0.5) is 9.59 Å². The maximum Gasteiger partial charge on any atom is 0.421 e. The second kappa shape index (κ2) is 17.5. The van der Waals surface area contributed by atoms with Crippen molar-refractivity contribution in [2.75, 3.05) is 0 Å². The average Bonchev–Trinajstić information content (AvgIpc) is 3.99. The number of hydrogen-bond acceptors (Lipinski definition) is 7. The lowest BCUT2D eigenvalue weighted by Crippen LogP contribution is -2.41. The standard InChI is InChI=1S/C57H41N5O4/c63-56(65-48-36-17-30-38-20-13-15-32-44(38)48)61-52(42-26-9-3-10-27-42)50(40-22-5-1-6-23-40)59-54(61)46-34-19-35-47(58-46)55-60-51(41-24-7-2-8-25-41)53(43-28-11-4-12-29-43)62(55)57(64)66-49-37-18-31-39-21-14-16-33-45(39)49/h1-37,50-53H/t50-,51-,52-,53-/m1/s1. The minimum atomic E-state index is -0.614. The van der Waals surface area contributed by atoms with Gasteiger partial charge >= 0.3 is 12.2 Å². The summed E-state index contributed by atoms with van der Waals surface area (Å²) < 4.78 is 12.8. The van der Waals surface area contributed by atoms with E-state index in [4.69, 9.17) is 24.4 Å². The Balaban J connectivity index is 1.06. The molecule has 0 bridgehead atoms. The first-order valence-electron chi connectivity index (χ1n) is 21.9. The molecule has 0 radical (unpaired) electrons. The zero-order valence-electron chi connectivity index (χ0n) is 35.5. The Labute approximate surface area is 381 Å². The van der Waals surface area contributed by atoms with E-state index in [1.54, 1.807) is 21.9 Å². The Hall–Kier alpha value is -8.69. The van der Waals surface area contributed by atoms with E-state index in [2.05, 4.69) is 0 Å². The average molecular weight is 860 g/mol. The minimum Gasteiger partial charge on any atom is -0.409 e. The third-order valence-corrected chi connectivity index (χ3v) is 12.2. The van der Waals surface area contributed by atoms with Crippen LogP contribution in [0.5, 0.6) is 11.5 Å². The smallest absolute Gasteiger partial charge is 0.409 e. The van der Waals surface area contributed by atoms with Gasteiger partial charge in [0.1, 0.15) is 35.0 Å². The van der Waals surface area contributed by atoms with Crippen LogP contribution in [0.2, 0.25) is 0 Å². The summed E-state index contributed by atoms with van der Waals surface area (Å²) in [6.07, 6.45) is -1.23. The Morgan fingerprint density at radius 2 is 0.697 bits per heavy atom. The molecule has 8 aromatic carbocycles. The maximum atomic E-state index is 15.1. The number of hydrogen-bond donors (Lipinski definition) is 0. The number of pyridine rings is 1. The number of aliphatic imine (C=N–C) groups is 2. The highest BCUT2D eigenvalue weighted by molar-refractivity contribution is 6.11. The molecule has 0 fully saturated rings. The van der Waals surface area contributed by atoms with Crippen LogP contribution in [0.3, 0.4) is 0 Å². The highest BCUT2D eigenvalue weighted by Crippen LogP contribution is 2.46. The Bertz CT molecular complexity index is 3060. The molecule has 9 nitrogen and oxygen atoms in total. The number of nitrogens with zero attached hydrogens (tertiary/aromatic N) is 5. The molecule has 0 saturated heterocycles. The van der Waals surface area contributed by atoms with Crippen LogP contribution in [0.25, 0.3) is 21.5 Å². The number of carbonyl (C=O) groups excluding carboxylic acids is 2. The minimum absolute atomic E-state index is 0.312. The summed E-state index contributed by atoms with van der Waals surface area (Å²) in [6.45, 7) is 0. The SMILES string of the molecule is O=C(Oc1cccc2ccccc12)N1C(c2cccc(C3=N[C@H](c4ccccc4)[C@@H](c4ccccc4)N3C(=O)Oc3cccc4ccccc34)n2)=N[C@H](c2ccccc2)[C@H]1c1ccccc1. The van der Waals surface area contributed by atoms with Gasteiger partial charge in [-0.3, -0.25) is 9.98 Å². The van der Waals surface area contributed by atoms with E-state index in [0.717, 1.165) is 43.8 Å². The lowest BCUT2D eigenvalue weighted by Gasteiger charge is -2.29. The Kier molecular flexibility index (Phi) is 10.6. The van der Waals surface area contributed by atoms with Crippen LogP contribution >= 0.6 is 0 Å². The first kappa shape index (κ1) is 40.1. The van der Waals surface area contributed by atoms with E-state index < -0.39 is 36.4 Å². The highest BCUT2D eigenvalue weighted by Gasteiger charge is 2.46. The number of amidine groups is 2. The van der Waals surface area contributed by atoms with Gasteiger partial charge in [0, 0.05) is 10.8 Å². The van der Waals surface area contributed by atoms with Crippen molar-refractivity contribution in [3.8, 4) is 11.5 Å². The van der Waals surface area contributed by atoms with Gasteiger partial charge in [-0.05, 0) is 57.3 Å². The molecule has 0 unspecified atom stereocenters. The molecule has 0 saturated carbocycles. The summed E-state index contributed by atoms with van der Waals surface area (Å²) in [5, 5.41) is 3.49. The van der Waals surface area contributed by atoms with Crippen molar-refractivity contribution < 1.29 is 19.1 Å². The summed E-state index contributed by atoms with van der Waals surface area (Å²) in [6, 6.07) is 69.8. The molecule has 1 aromatic heterocycles. The number of benzene rings is 8. The van der Waals surface area contributed by atoms with Gasteiger partial charge in [-0.25, -0.2) is 24.4 Å². The van der Waals surface area contributed by atoms with Gasteiger partial charge in [-0.15, -0.1) is 0 Å². The van der Waals surface area contributed by atoms with Crippen molar-refractivity contribution in [1.82, 2.24) is 14.8 Å². The van der Waals surface area contributed by atoms with Crippen LogP contribution in [0.1, 0.15) is 57.8 Å². The largest absolute Gasteiger partial charge is 0.421 e. The lowest BCUT2D eigenvalue weighted by atomic mass is 9.94. The van der Waals surface area contributed by atoms with Crippen molar-refractivity contribution in [1.29, 1.82) is 0 Å². The van der Waals surface area contributed by atoms with Gasteiger partial charge in [0.2, 0.25) is 0 Å². The fourth-order valence-corrected chi connectivity index (χ4v) is 9.17. The zero-order valence-corrected chi connectivity index (χ0v) is 35.5. The number of aromatic nitrogens is 1. The molecule has 2 aliphatic heterocycles. The van der Waals surface area contributed by atoms with Crippen molar-refractivity contribution in [3.63, 3.8) is 0 Å². The Morgan fingerprint density at radius 3 is 1.11 bits per heavy atom. The molecule has 4 atom stereocenters. The zero-order chi connectivity index (χ0) is 44.4. The van der Waals surface area contributed by atoms with E-state index >= 15 is 9.59 Å². The fraction of sp³-hybridized carbons (Fsp3) is 0.0702. The van der Waals surface area contributed by atoms with E-state index in [1.165, 1.54) is 0 Å². The molecule has 2 aliphatic rings. The molecule has 2 amide bonds. The van der Waals surface area contributed by atoms with Gasteiger partial charge in [0.25, 0.3) is 0 Å². The van der Waals surface area contributed by atoms with Gasteiger partial charge in [0.15, 0.2) is 11.7 Å². The molecular formula is C57H41N5O4. The summed E-state index contributed by atoms with van der Waals surface area (Å²) >= 11 is 0. The highest BCUT2D eigenvalue weighted by atomic mass is 16.6. The molecule has 9 aromatic rings. The molecule has 0 aliphatic carbocycles. The molecular weight excluding hydrogens is 819 g/mol. The van der Waals surface area contributed by atoms with Crippen molar-refractivity contribution >= 4 is 45.4 Å². The normalized spacial score (nSPS) is 17.9. The maximum absolute atomic E-state index is 15.1. The third kappa shape index (κ3) is 7.52. The molecule has 3 heterocycles. The second-order valence-electron chi connectivity index (χ2n) is 16.2. The van der Waals surface area contributed by atoms with E-state index in [9.17, 15) is 0 Å². The number of fused-ring (bicyclic) bond motifs is 2. The Morgan fingerprint density at radius 1 is 0.364 bits per heavy atom. The number of ether oxygens (including phenoxy) is 2. The molecule has 66 heavy (non-hydrogen) atoms. The van der Waals surface area contributed by atoms with E-state index in [-0.39, 0.29) is 0 Å². The van der Waals surface area contributed by atoms with Crippen LogP contribution in [-0.2, 0) is 0 Å². The van der Waals surface area contributed by atoms with E-state index in [0.29, 0.717) is 34.6 Å². The van der Waals surface area contributed by atoms with Crippen LogP contribution < -0.4 is 9.47 Å². The van der Waals surface area contributed by atoms with Gasteiger partial charge in [0.05, 0.1) is 12.1 Å². The van der Waals surface area contributed by atoms with Gasteiger partial charge in [-0.1, -0.05) is 200 Å². The first-order chi connectivity index (χ1) is 32.6. The number of rotatable bonds is 8. The van der Waals surface area contributed by atoms with Crippen molar-refractivity contribution in [2.24, 2.45) is 9.98 Å². The third-order valence-electron chi connectivity index (χ3n) is 12.2. The monoisotopic (exact) mass is 859 g/mol. The topological polar surface area (TPSA) is 96.7 Å². The van der Waals surface area contributed by atoms with Crippen LogP contribution in [-0.4, -0.2) is 38.6 Å². The molecule has 0 spiro atoms. The summed E-state index contributed by atoms with van der Waals surface area (Å²) in [5.41, 5.74) is 4.36. The molecule has 0 N–H and O–H groups in total. The van der Waals surface area contributed by atoms with Crippen molar-refractivity contribution in [3.05, 3.63) is 258 Å². The van der Waals surface area contributed by atoms with Crippen molar-refractivity contribution in [2.45, 2.75) is 24.2 Å². The second-order valence-corrected chi connectivity index (χ2v) is 16.2. The quantitative estimate of drug-likeness (QED) is 0.152. The molecule has 9 heteroatoms. The fourth-order valence-electron chi connectivity index (χ4n) is 9.17. The van der Waals surface area contributed by atoms with Gasteiger partial charge < -0.3 is 9.47 Å². The van der Waals surface area contributed by atoms with Gasteiger partial charge in [-0.2, -0.15) is 0 Å². The summed E-state index contributed by atoms with van der Waals surface area (Å²) in [5.74, 6) is 1.47. The first-order valence-corrected chi connectivity index (χ1v) is 21.9. The molecule has 318 valence electrons.